The van der Waals surface area contributed by atoms with E-state index in [1.54, 1.807) is 6.07 Å². The Kier molecular flexibility index (Phi) is 6.99. The molecule has 3 aromatic rings. The molecule has 2 aromatic carbocycles. The van der Waals surface area contributed by atoms with Crippen LogP contribution in [0.5, 0.6) is 5.75 Å². The summed E-state index contributed by atoms with van der Waals surface area (Å²) < 4.78 is 2.09. The summed E-state index contributed by atoms with van der Waals surface area (Å²) in [6.07, 6.45) is 11.2. The molecule has 2 fully saturated rings. The summed E-state index contributed by atoms with van der Waals surface area (Å²) in [5.74, 6) is 1.48. The van der Waals surface area contributed by atoms with Crippen molar-refractivity contribution in [1.82, 2.24) is 9.47 Å². The van der Waals surface area contributed by atoms with Gasteiger partial charge in [-0.3, -0.25) is 4.79 Å². The summed E-state index contributed by atoms with van der Waals surface area (Å²) in [4.78, 5) is 15.3. The fraction of sp³-hybridized carbons (Fsp3) is 0.483. The van der Waals surface area contributed by atoms with E-state index in [9.17, 15) is 9.90 Å². The number of hydrogen-bond donors (Lipinski definition) is 1. The molecule has 1 aromatic heterocycles. The molecule has 180 valence electrons. The number of ketones is 1. The van der Waals surface area contributed by atoms with Crippen LogP contribution in [0.15, 0.2) is 48.7 Å². The second-order valence-electron chi connectivity index (χ2n) is 10.4. The fourth-order valence-corrected chi connectivity index (χ4v) is 5.81. The number of halogens is 1. The molecule has 2 atom stereocenters. The average molecular weight is 479 g/mol. The Balaban J connectivity index is 1.14. The Morgan fingerprint density at radius 1 is 1.12 bits per heavy atom. The molecule has 0 bridgehead atoms. The number of nitrogens with zero attached hydrogens (tertiary/aromatic N) is 2. The van der Waals surface area contributed by atoms with Crippen molar-refractivity contribution in [3.63, 3.8) is 0 Å². The molecule has 1 N–H and O–H groups in total. The molecule has 0 saturated heterocycles. The second-order valence-corrected chi connectivity index (χ2v) is 10.8. The van der Waals surface area contributed by atoms with Crippen molar-refractivity contribution in [3.05, 3.63) is 64.8 Å². The smallest absolute Gasteiger partial charge is 0.168 e. The minimum absolute atomic E-state index is 0.183. The van der Waals surface area contributed by atoms with Crippen LogP contribution in [-0.4, -0.2) is 40.0 Å². The van der Waals surface area contributed by atoms with Crippen LogP contribution < -0.4 is 0 Å². The molecule has 2 saturated carbocycles. The predicted molar refractivity (Wildman–Crippen MR) is 139 cm³/mol. The molecule has 5 rings (SSSR count). The van der Waals surface area contributed by atoms with Crippen LogP contribution in [0.25, 0.3) is 10.9 Å². The van der Waals surface area contributed by atoms with Crippen LogP contribution >= 0.6 is 11.6 Å². The van der Waals surface area contributed by atoms with E-state index >= 15 is 0 Å². The minimum atomic E-state index is 0.183. The van der Waals surface area contributed by atoms with Gasteiger partial charge in [-0.2, -0.15) is 0 Å². The molecule has 0 radical (unpaired) electrons. The first-order chi connectivity index (χ1) is 16.5. The van der Waals surface area contributed by atoms with E-state index in [-0.39, 0.29) is 17.5 Å². The van der Waals surface area contributed by atoms with Gasteiger partial charge < -0.3 is 14.6 Å². The minimum Gasteiger partial charge on any atom is -0.506 e. The highest BCUT2D eigenvalue weighted by molar-refractivity contribution is 6.30. The van der Waals surface area contributed by atoms with Gasteiger partial charge in [-0.05, 0) is 94.6 Å². The van der Waals surface area contributed by atoms with E-state index in [0.29, 0.717) is 6.04 Å². The summed E-state index contributed by atoms with van der Waals surface area (Å²) >= 11 is 6.01. The van der Waals surface area contributed by atoms with Gasteiger partial charge >= 0.3 is 0 Å². The molecule has 0 aliphatic heterocycles. The first-order valence-corrected chi connectivity index (χ1v) is 13.2. The molecule has 2 aliphatic rings. The van der Waals surface area contributed by atoms with Gasteiger partial charge in [0.05, 0.1) is 5.52 Å². The largest absolute Gasteiger partial charge is 0.506 e. The lowest BCUT2D eigenvalue weighted by Crippen LogP contribution is -2.31. The number of aryl methyl sites for hydroxylation is 2. The monoisotopic (exact) mass is 478 g/mol. The number of rotatable bonds is 10. The number of fused-ring (bicyclic) bond motifs is 1. The molecule has 34 heavy (non-hydrogen) atoms. The summed E-state index contributed by atoms with van der Waals surface area (Å²) in [6, 6.07) is 14.4. The lowest BCUT2D eigenvalue weighted by Gasteiger charge is -2.24. The number of benzene rings is 2. The van der Waals surface area contributed by atoms with Crippen molar-refractivity contribution in [1.29, 1.82) is 0 Å². The van der Waals surface area contributed by atoms with Gasteiger partial charge in [0.1, 0.15) is 5.75 Å². The maximum absolute atomic E-state index is 12.8. The van der Waals surface area contributed by atoms with Gasteiger partial charge in [-0.15, -0.1) is 0 Å². The molecule has 2 unspecified atom stereocenters. The van der Waals surface area contributed by atoms with Crippen molar-refractivity contribution < 1.29 is 9.90 Å². The van der Waals surface area contributed by atoms with Gasteiger partial charge in [0.2, 0.25) is 0 Å². The number of carbonyl (C=O) groups is 1. The highest BCUT2D eigenvalue weighted by atomic mass is 35.5. The molecule has 2 aliphatic carbocycles. The Labute approximate surface area is 207 Å². The third-order valence-corrected chi connectivity index (χ3v) is 8.14. The maximum Gasteiger partial charge on any atom is 0.168 e. The summed E-state index contributed by atoms with van der Waals surface area (Å²) in [5, 5.41) is 12.2. The molecular formula is C29H35ClN2O2. The van der Waals surface area contributed by atoms with Crippen molar-refractivity contribution >= 4 is 28.3 Å². The van der Waals surface area contributed by atoms with Gasteiger partial charge in [-0.25, -0.2) is 0 Å². The van der Waals surface area contributed by atoms with Crippen LogP contribution in [-0.2, 0) is 13.0 Å². The number of hydrogen-bond acceptors (Lipinski definition) is 3. The van der Waals surface area contributed by atoms with E-state index < -0.39 is 0 Å². The molecular weight excluding hydrogens is 444 g/mol. The van der Waals surface area contributed by atoms with Crippen LogP contribution in [0.4, 0.5) is 0 Å². The number of aromatic nitrogens is 1. The lowest BCUT2D eigenvalue weighted by molar-refractivity contribution is 0.0969. The Hall–Kier alpha value is -2.30. The fourth-order valence-electron chi connectivity index (χ4n) is 5.68. The van der Waals surface area contributed by atoms with Crippen LogP contribution in [0.1, 0.15) is 60.9 Å². The maximum atomic E-state index is 12.8. The first-order valence-electron chi connectivity index (χ1n) is 12.8. The zero-order valence-corrected chi connectivity index (χ0v) is 20.8. The van der Waals surface area contributed by atoms with Crippen molar-refractivity contribution in [2.45, 2.75) is 64.0 Å². The van der Waals surface area contributed by atoms with Crippen molar-refractivity contribution in [3.8, 4) is 5.75 Å². The highest BCUT2D eigenvalue weighted by Crippen LogP contribution is 2.37. The number of para-hydroxylation sites is 1. The van der Waals surface area contributed by atoms with Gasteiger partial charge in [0, 0.05) is 40.7 Å². The SMILES string of the molecule is CN(CCCn1cc(C(=O)C2CC2)c2cccc(O)c21)C1CCC(CCc2ccc(Cl)cc2)C1. The van der Waals surface area contributed by atoms with Crippen LogP contribution in [0, 0.1) is 11.8 Å². The Bertz CT molecular complexity index is 1150. The van der Waals surface area contributed by atoms with Gasteiger partial charge in [0.15, 0.2) is 5.78 Å². The normalized spacial score (nSPS) is 20.4. The van der Waals surface area contributed by atoms with Gasteiger partial charge in [-0.1, -0.05) is 35.9 Å². The first kappa shape index (κ1) is 23.4. The standard InChI is InChI=1S/C29H35ClN2O2/c1-31(24-15-10-21(18-24)7-6-20-8-13-23(30)14-9-20)16-3-17-32-19-26(29(34)22-11-12-22)25-4-2-5-27(33)28(25)32/h2,4-5,8-9,13-14,19,21-22,24,33H,3,6-7,10-12,15-18H2,1H3. The molecule has 0 amide bonds. The van der Waals surface area contributed by atoms with E-state index in [1.165, 1.54) is 31.2 Å². The van der Waals surface area contributed by atoms with E-state index in [2.05, 4.69) is 28.6 Å². The summed E-state index contributed by atoms with van der Waals surface area (Å²) in [6.45, 7) is 1.83. The molecule has 1 heterocycles. The predicted octanol–water partition coefficient (Wildman–Crippen LogP) is 6.72. The number of Topliss-reactive ketones (excluding diaryl/α,β-unsaturated/α-hetero) is 1. The second kappa shape index (κ2) is 10.1. The van der Waals surface area contributed by atoms with E-state index in [4.69, 9.17) is 11.6 Å². The number of phenolic OH excluding ortho intramolecular Hbond substituents is 1. The van der Waals surface area contributed by atoms with Crippen LogP contribution in [0.3, 0.4) is 0 Å². The average Bonchev–Trinajstić information content (AvgIpc) is 3.46. The third kappa shape index (κ3) is 5.18. The number of aromatic hydroxyl groups is 1. The Morgan fingerprint density at radius 2 is 1.91 bits per heavy atom. The topological polar surface area (TPSA) is 45.5 Å². The van der Waals surface area contributed by atoms with Gasteiger partial charge in [0.25, 0.3) is 0 Å². The number of phenols is 1. The third-order valence-electron chi connectivity index (χ3n) is 7.89. The molecule has 0 spiro atoms. The zero-order valence-electron chi connectivity index (χ0n) is 20.0. The number of carbonyl (C=O) groups excluding carboxylic acids is 1. The summed E-state index contributed by atoms with van der Waals surface area (Å²) in [5.41, 5.74) is 2.96. The molecule has 4 nitrogen and oxygen atoms in total. The van der Waals surface area contributed by atoms with E-state index in [0.717, 1.165) is 66.2 Å². The van der Waals surface area contributed by atoms with Crippen molar-refractivity contribution in [2.24, 2.45) is 11.8 Å². The lowest BCUT2D eigenvalue weighted by atomic mass is 9.98. The van der Waals surface area contributed by atoms with Crippen LogP contribution in [0.2, 0.25) is 5.02 Å². The highest BCUT2D eigenvalue weighted by Gasteiger charge is 2.32. The summed E-state index contributed by atoms with van der Waals surface area (Å²) in [7, 11) is 2.25. The molecule has 5 heteroatoms. The Morgan fingerprint density at radius 3 is 2.68 bits per heavy atom. The van der Waals surface area contributed by atoms with Crippen molar-refractivity contribution in [2.75, 3.05) is 13.6 Å². The quantitative estimate of drug-likeness (QED) is 0.329. The zero-order chi connectivity index (χ0) is 23.7. The van der Waals surface area contributed by atoms with E-state index in [1.807, 2.05) is 30.5 Å².